The van der Waals surface area contributed by atoms with E-state index in [2.05, 4.69) is 0 Å². The third-order valence-electron chi connectivity index (χ3n) is 3.33. The van der Waals surface area contributed by atoms with Gasteiger partial charge in [0, 0.05) is 0 Å². The summed E-state index contributed by atoms with van der Waals surface area (Å²) in [5, 5.41) is 0.156. The molecule has 0 aliphatic heterocycles. The fourth-order valence-corrected chi connectivity index (χ4v) is 2.55. The number of hydrogen-bond acceptors (Lipinski definition) is 2. The van der Waals surface area contributed by atoms with Crippen molar-refractivity contribution in [2.45, 2.75) is 26.2 Å². The Hall–Kier alpha value is -1.35. The smallest absolute Gasteiger partial charge is 0.309 e. The van der Waals surface area contributed by atoms with Crippen LogP contribution in [0.5, 0.6) is 0 Å². The molecule has 0 amide bonds. The van der Waals surface area contributed by atoms with Crippen LogP contribution in [0, 0.1) is 11.7 Å². The van der Waals surface area contributed by atoms with Crippen LogP contribution in [0.1, 0.15) is 31.7 Å². The van der Waals surface area contributed by atoms with Gasteiger partial charge in [-0.3, -0.25) is 4.79 Å². The third-order valence-corrected chi connectivity index (χ3v) is 3.71. The number of halogens is 2. The minimum absolute atomic E-state index is 0.0870. The molecule has 1 atom stereocenters. The molecule has 0 bridgehead atoms. The molecule has 2 rings (SSSR count). The van der Waals surface area contributed by atoms with Crippen molar-refractivity contribution in [2.75, 3.05) is 6.61 Å². The molecule has 0 unspecified atom stereocenters. The van der Waals surface area contributed by atoms with Gasteiger partial charge in [0.2, 0.25) is 0 Å². The van der Waals surface area contributed by atoms with Crippen LogP contribution in [0.2, 0.25) is 5.02 Å². The lowest BCUT2D eigenvalue weighted by Gasteiger charge is -2.21. The van der Waals surface area contributed by atoms with Crippen LogP contribution < -0.4 is 0 Å². The first-order valence-electron chi connectivity index (χ1n) is 6.43. The monoisotopic (exact) mass is 282 g/mol. The molecule has 0 saturated heterocycles. The number of hydrogen-bond donors (Lipinski definition) is 0. The van der Waals surface area contributed by atoms with Gasteiger partial charge in [0.05, 0.1) is 17.5 Å². The lowest BCUT2D eigenvalue weighted by molar-refractivity contribution is -0.148. The van der Waals surface area contributed by atoms with Gasteiger partial charge in [-0.15, -0.1) is 0 Å². The number of rotatable bonds is 3. The normalized spacial score (nSPS) is 18.9. The van der Waals surface area contributed by atoms with Crippen LogP contribution in [0.15, 0.2) is 24.3 Å². The van der Waals surface area contributed by atoms with Crippen molar-refractivity contribution in [1.82, 2.24) is 0 Å². The van der Waals surface area contributed by atoms with Crippen molar-refractivity contribution in [2.24, 2.45) is 5.92 Å². The maximum absolute atomic E-state index is 13.4. The van der Waals surface area contributed by atoms with Crippen molar-refractivity contribution in [3.05, 3.63) is 40.7 Å². The largest absolute Gasteiger partial charge is 0.466 e. The van der Waals surface area contributed by atoms with E-state index < -0.39 is 5.82 Å². The molecule has 1 aliphatic rings. The highest BCUT2D eigenvalue weighted by atomic mass is 35.5. The average molecular weight is 283 g/mol. The summed E-state index contributed by atoms with van der Waals surface area (Å²) >= 11 is 5.97. The molecule has 4 heteroatoms. The van der Waals surface area contributed by atoms with Crippen LogP contribution >= 0.6 is 11.6 Å². The highest BCUT2D eigenvalue weighted by Crippen LogP contribution is 2.35. The molecule has 1 aliphatic carbocycles. The first-order chi connectivity index (χ1) is 9.13. The van der Waals surface area contributed by atoms with Gasteiger partial charge >= 0.3 is 5.97 Å². The molecule has 102 valence electrons. The molecule has 0 radical (unpaired) electrons. The van der Waals surface area contributed by atoms with Gasteiger partial charge in [-0.05, 0) is 43.4 Å². The molecule has 2 nitrogen and oxygen atoms in total. The zero-order valence-electron chi connectivity index (χ0n) is 10.8. The van der Waals surface area contributed by atoms with E-state index in [1.165, 1.54) is 6.07 Å². The maximum Gasteiger partial charge on any atom is 0.309 e. The Bertz CT molecular complexity index is 511. The Morgan fingerprint density at radius 2 is 2.32 bits per heavy atom. The number of carbonyl (C=O) groups excluding carboxylic acids is 1. The van der Waals surface area contributed by atoms with Gasteiger partial charge < -0.3 is 4.74 Å². The second-order valence-corrected chi connectivity index (χ2v) is 4.93. The van der Waals surface area contributed by atoms with E-state index in [0.717, 1.165) is 17.6 Å². The molecule has 0 fully saturated rings. The average Bonchev–Trinajstić information content (AvgIpc) is 2.42. The summed E-state index contributed by atoms with van der Waals surface area (Å²) in [6.07, 6.45) is 4.02. The van der Waals surface area contributed by atoms with Crippen LogP contribution in [0.25, 0.3) is 5.57 Å². The number of esters is 1. The number of ether oxygens (including phenoxy) is 1. The van der Waals surface area contributed by atoms with E-state index in [9.17, 15) is 9.18 Å². The fraction of sp³-hybridized carbons (Fsp3) is 0.400. The Balaban J connectivity index is 2.13. The Labute approximate surface area is 117 Å². The second kappa shape index (κ2) is 6.20. The van der Waals surface area contributed by atoms with E-state index in [-0.39, 0.29) is 16.9 Å². The zero-order valence-corrected chi connectivity index (χ0v) is 11.5. The maximum atomic E-state index is 13.4. The summed E-state index contributed by atoms with van der Waals surface area (Å²) in [5.74, 6) is -0.647. The molecule has 0 saturated carbocycles. The van der Waals surface area contributed by atoms with E-state index in [4.69, 9.17) is 16.3 Å². The first kappa shape index (κ1) is 14.1. The summed E-state index contributed by atoms with van der Waals surface area (Å²) in [6, 6.07) is 4.80. The van der Waals surface area contributed by atoms with Crippen LogP contribution in [-0.4, -0.2) is 12.6 Å². The van der Waals surface area contributed by atoms with E-state index in [1.807, 2.05) is 12.1 Å². The number of allylic oxidation sites excluding steroid dienone is 2. The lowest BCUT2D eigenvalue weighted by Crippen LogP contribution is -2.19. The minimum Gasteiger partial charge on any atom is -0.466 e. The van der Waals surface area contributed by atoms with Crippen molar-refractivity contribution in [1.29, 1.82) is 0 Å². The number of benzene rings is 1. The SMILES string of the molecule is CCOC(=O)[C@H]1CC=C(c2cccc(F)c2Cl)CC1. The number of carbonyl (C=O) groups is 1. The van der Waals surface area contributed by atoms with Crippen LogP contribution in [-0.2, 0) is 9.53 Å². The summed E-state index contributed by atoms with van der Waals surface area (Å²) in [7, 11) is 0. The van der Waals surface area contributed by atoms with Crippen LogP contribution in [0.4, 0.5) is 4.39 Å². The predicted molar refractivity (Wildman–Crippen MR) is 73.4 cm³/mol. The van der Waals surface area contributed by atoms with Crippen molar-refractivity contribution < 1.29 is 13.9 Å². The van der Waals surface area contributed by atoms with Gasteiger partial charge in [-0.25, -0.2) is 4.39 Å². The lowest BCUT2D eigenvalue weighted by atomic mass is 9.86. The van der Waals surface area contributed by atoms with Crippen LogP contribution in [0.3, 0.4) is 0 Å². The molecule has 0 aromatic heterocycles. The summed E-state index contributed by atoms with van der Waals surface area (Å²) < 4.78 is 18.4. The van der Waals surface area contributed by atoms with Gasteiger partial charge in [-0.1, -0.05) is 29.8 Å². The molecular formula is C15H16ClFO2. The second-order valence-electron chi connectivity index (χ2n) is 4.55. The molecular weight excluding hydrogens is 267 g/mol. The molecule has 19 heavy (non-hydrogen) atoms. The Morgan fingerprint density at radius 3 is 2.95 bits per heavy atom. The topological polar surface area (TPSA) is 26.3 Å². The summed E-state index contributed by atoms with van der Waals surface area (Å²) in [6.45, 7) is 2.20. The third kappa shape index (κ3) is 3.16. The zero-order chi connectivity index (χ0) is 13.8. The standard InChI is InChI=1S/C15H16ClFO2/c1-2-19-15(18)11-8-6-10(7-9-11)12-4-3-5-13(17)14(12)16/h3-6,11H,2,7-9H2,1H3/t11-/m0/s1. The van der Waals surface area contributed by atoms with Gasteiger partial charge in [-0.2, -0.15) is 0 Å². The van der Waals surface area contributed by atoms with Crippen molar-refractivity contribution in [3.8, 4) is 0 Å². The predicted octanol–water partition coefficient (Wildman–Crippen LogP) is 4.23. The first-order valence-corrected chi connectivity index (χ1v) is 6.81. The highest BCUT2D eigenvalue weighted by molar-refractivity contribution is 6.32. The minimum atomic E-state index is -0.410. The van der Waals surface area contributed by atoms with Gasteiger partial charge in [0.1, 0.15) is 5.82 Å². The molecule has 0 spiro atoms. The van der Waals surface area contributed by atoms with Crippen molar-refractivity contribution in [3.63, 3.8) is 0 Å². The summed E-state index contributed by atoms with van der Waals surface area (Å²) in [5.41, 5.74) is 1.73. The Kier molecular flexibility index (Phi) is 4.59. The van der Waals surface area contributed by atoms with Gasteiger partial charge in [0.15, 0.2) is 0 Å². The molecule has 0 N–H and O–H groups in total. The Morgan fingerprint density at radius 1 is 1.53 bits per heavy atom. The van der Waals surface area contributed by atoms with Crippen molar-refractivity contribution >= 4 is 23.1 Å². The van der Waals surface area contributed by atoms with E-state index in [1.54, 1.807) is 13.0 Å². The van der Waals surface area contributed by atoms with E-state index >= 15 is 0 Å². The molecule has 1 aromatic carbocycles. The summed E-state index contributed by atoms with van der Waals surface area (Å²) in [4.78, 5) is 11.6. The molecule has 1 aromatic rings. The molecule has 0 heterocycles. The van der Waals surface area contributed by atoms with Gasteiger partial charge in [0.25, 0.3) is 0 Å². The quantitative estimate of drug-likeness (QED) is 0.776. The van der Waals surface area contributed by atoms with E-state index in [0.29, 0.717) is 19.4 Å². The fourth-order valence-electron chi connectivity index (χ4n) is 2.30. The highest BCUT2D eigenvalue weighted by Gasteiger charge is 2.24.